The summed E-state index contributed by atoms with van der Waals surface area (Å²) in [6.07, 6.45) is 4.66. The summed E-state index contributed by atoms with van der Waals surface area (Å²) in [5, 5.41) is 8.29. The van der Waals surface area contributed by atoms with Gasteiger partial charge in [0.25, 0.3) is 0 Å². The summed E-state index contributed by atoms with van der Waals surface area (Å²) in [7, 11) is 0. The molecule has 1 aliphatic rings. The van der Waals surface area contributed by atoms with Crippen molar-refractivity contribution in [3.05, 3.63) is 34.0 Å². The molecule has 0 atom stereocenters. The van der Waals surface area contributed by atoms with Gasteiger partial charge in [-0.05, 0) is 30.8 Å². The zero-order chi connectivity index (χ0) is 11.9. The molecule has 0 aromatic carbocycles. The van der Waals surface area contributed by atoms with Crippen LogP contribution in [-0.4, -0.2) is 25.5 Å². The van der Waals surface area contributed by atoms with E-state index in [1.807, 2.05) is 11.4 Å². The Morgan fingerprint density at radius 1 is 1.53 bits per heavy atom. The normalized spacial score (nSPS) is 15.4. The van der Waals surface area contributed by atoms with Gasteiger partial charge in [-0.2, -0.15) is 0 Å². The molecule has 2 rings (SSSR count). The molecule has 17 heavy (non-hydrogen) atoms. The molecule has 3 nitrogen and oxygen atoms in total. The van der Waals surface area contributed by atoms with E-state index >= 15 is 0 Å². The molecule has 1 amide bonds. The van der Waals surface area contributed by atoms with Gasteiger partial charge in [-0.25, -0.2) is 0 Å². The van der Waals surface area contributed by atoms with Gasteiger partial charge in [-0.1, -0.05) is 17.7 Å². The van der Waals surface area contributed by atoms with E-state index in [9.17, 15) is 4.79 Å². The van der Waals surface area contributed by atoms with Crippen molar-refractivity contribution in [3.63, 3.8) is 0 Å². The number of amides is 1. The van der Waals surface area contributed by atoms with Gasteiger partial charge in [0.1, 0.15) is 0 Å². The molecule has 4 heteroatoms. The number of hydrogen-bond acceptors (Lipinski definition) is 3. The molecule has 2 heterocycles. The standard InChI is InChI=1S/C13H18N2OS/c16-13(4-3-12-2-1-9-17-12)15-10-11-5-7-14-8-6-11/h1-2,5,9,14H,3-4,6-8,10H2,(H,15,16). The van der Waals surface area contributed by atoms with E-state index < -0.39 is 0 Å². The van der Waals surface area contributed by atoms with Crippen LogP contribution in [0.3, 0.4) is 0 Å². The Bertz CT molecular complexity index is 384. The van der Waals surface area contributed by atoms with E-state index in [4.69, 9.17) is 0 Å². The number of hydrogen-bond donors (Lipinski definition) is 2. The molecule has 1 aromatic heterocycles. The molecule has 2 N–H and O–H groups in total. The Morgan fingerprint density at radius 3 is 3.18 bits per heavy atom. The van der Waals surface area contributed by atoms with Crippen molar-refractivity contribution >= 4 is 17.2 Å². The van der Waals surface area contributed by atoms with Crippen LogP contribution in [0.1, 0.15) is 17.7 Å². The molecule has 92 valence electrons. The lowest BCUT2D eigenvalue weighted by molar-refractivity contribution is -0.120. The highest BCUT2D eigenvalue weighted by Gasteiger charge is 2.06. The first-order valence-electron chi connectivity index (χ1n) is 6.02. The molecule has 0 saturated heterocycles. The Balaban J connectivity index is 1.65. The highest BCUT2D eigenvalue weighted by molar-refractivity contribution is 7.09. The lowest BCUT2D eigenvalue weighted by Gasteiger charge is -2.14. The minimum Gasteiger partial charge on any atom is -0.352 e. The summed E-state index contributed by atoms with van der Waals surface area (Å²) in [5.74, 6) is 0.151. The second kappa shape index (κ2) is 6.57. The van der Waals surface area contributed by atoms with Gasteiger partial charge in [0.05, 0.1) is 0 Å². The topological polar surface area (TPSA) is 41.1 Å². The van der Waals surface area contributed by atoms with Crippen LogP contribution in [0.25, 0.3) is 0 Å². The van der Waals surface area contributed by atoms with Gasteiger partial charge in [-0.3, -0.25) is 4.79 Å². The smallest absolute Gasteiger partial charge is 0.220 e. The molecular formula is C13H18N2OS. The maximum absolute atomic E-state index is 11.6. The molecular weight excluding hydrogens is 232 g/mol. The van der Waals surface area contributed by atoms with Gasteiger partial charge in [0, 0.05) is 24.4 Å². The van der Waals surface area contributed by atoms with E-state index in [0.717, 1.165) is 25.9 Å². The molecule has 0 unspecified atom stereocenters. The van der Waals surface area contributed by atoms with Crippen molar-refractivity contribution in [2.75, 3.05) is 19.6 Å². The van der Waals surface area contributed by atoms with Crippen molar-refractivity contribution in [3.8, 4) is 0 Å². The van der Waals surface area contributed by atoms with Gasteiger partial charge in [0.2, 0.25) is 5.91 Å². The fourth-order valence-corrected chi connectivity index (χ4v) is 2.53. The third-order valence-corrected chi connectivity index (χ3v) is 3.79. The summed E-state index contributed by atoms with van der Waals surface area (Å²) in [5.41, 5.74) is 1.34. The summed E-state index contributed by atoms with van der Waals surface area (Å²) in [6.45, 7) is 2.67. The highest BCUT2D eigenvalue weighted by atomic mass is 32.1. The monoisotopic (exact) mass is 250 g/mol. The summed E-state index contributed by atoms with van der Waals surface area (Å²) >= 11 is 1.71. The Hall–Kier alpha value is -1.13. The molecule has 0 aliphatic carbocycles. The minimum atomic E-state index is 0.151. The van der Waals surface area contributed by atoms with E-state index in [1.54, 1.807) is 11.3 Å². The average Bonchev–Trinajstić information content (AvgIpc) is 2.88. The zero-order valence-electron chi connectivity index (χ0n) is 9.87. The van der Waals surface area contributed by atoms with Crippen LogP contribution < -0.4 is 10.6 Å². The van der Waals surface area contributed by atoms with E-state index in [1.165, 1.54) is 10.5 Å². The predicted molar refractivity (Wildman–Crippen MR) is 71.2 cm³/mol. The molecule has 0 saturated carbocycles. The number of rotatable bonds is 5. The van der Waals surface area contributed by atoms with Crippen LogP contribution in [0.5, 0.6) is 0 Å². The maximum atomic E-state index is 11.6. The molecule has 1 aliphatic heterocycles. The molecule has 0 spiro atoms. The lowest BCUT2D eigenvalue weighted by Crippen LogP contribution is -2.29. The van der Waals surface area contributed by atoms with Crippen LogP contribution >= 0.6 is 11.3 Å². The van der Waals surface area contributed by atoms with Crippen LogP contribution in [0.4, 0.5) is 0 Å². The third-order valence-electron chi connectivity index (χ3n) is 2.85. The fourth-order valence-electron chi connectivity index (χ4n) is 1.82. The van der Waals surface area contributed by atoms with E-state index in [0.29, 0.717) is 13.0 Å². The minimum absolute atomic E-state index is 0.151. The first-order chi connectivity index (χ1) is 8.34. The van der Waals surface area contributed by atoms with Crippen LogP contribution in [0.15, 0.2) is 29.2 Å². The van der Waals surface area contributed by atoms with Crippen LogP contribution in [0.2, 0.25) is 0 Å². The average molecular weight is 250 g/mol. The second-order valence-corrected chi connectivity index (χ2v) is 5.20. The Labute approximate surface area is 106 Å². The molecule has 0 fully saturated rings. The van der Waals surface area contributed by atoms with Crippen LogP contribution in [-0.2, 0) is 11.2 Å². The van der Waals surface area contributed by atoms with Gasteiger partial charge in [-0.15, -0.1) is 11.3 Å². The number of carbonyl (C=O) groups excluding carboxylic acids is 1. The van der Waals surface area contributed by atoms with Crippen molar-refractivity contribution < 1.29 is 4.79 Å². The van der Waals surface area contributed by atoms with Crippen molar-refractivity contribution in [1.82, 2.24) is 10.6 Å². The first kappa shape index (κ1) is 12.3. The summed E-state index contributed by atoms with van der Waals surface area (Å²) in [6, 6.07) is 4.10. The first-order valence-corrected chi connectivity index (χ1v) is 6.90. The number of nitrogens with one attached hydrogen (secondary N) is 2. The Morgan fingerprint density at radius 2 is 2.47 bits per heavy atom. The quantitative estimate of drug-likeness (QED) is 0.781. The fraction of sp³-hybridized carbons (Fsp3) is 0.462. The number of carbonyl (C=O) groups is 1. The van der Waals surface area contributed by atoms with Gasteiger partial charge >= 0.3 is 0 Å². The number of aryl methyl sites for hydroxylation is 1. The number of thiophene rings is 1. The van der Waals surface area contributed by atoms with Crippen molar-refractivity contribution in [1.29, 1.82) is 0 Å². The molecule has 1 aromatic rings. The summed E-state index contributed by atoms with van der Waals surface area (Å²) in [4.78, 5) is 12.9. The van der Waals surface area contributed by atoms with Crippen molar-refractivity contribution in [2.24, 2.45) is 0 Å². The SMILES string of the molecule is O=C(CCc1cccs1)NCC1=CCNCC1. The molecule has 0 bridgehead atoms. The predicted octanol–water partition coefficient (Wildman–Crippen LogP) is 1.72. The lowest BCUT2D eigenvalue weighted by atomic mass is 10.1. The largest absolute Gasteiger partial charge is 0.352 e. The third kappa shape index (κ3) is 4.32. The van der Waals surface area contributed by atoms with Gasteiger partial charge in [0.15, 0.2) is 0 Å². The zero-order valence-corrected chi connectivity index (χ0v) is 10.7. The van der Waals surface area contributed by atoms with Crippen LogP contribution in [0, 0.1) is 0 Å². The second-order valence-electron chi connectivity index (χ2n) is 4.17. The van der Waals surface area contributed by atoms with E-state index in [-0.39, 0.29) is 5.91 Å². The van der Waals surface area contributed by atoms with Gasteiger partial charge < -0.3 is 10.6 Å². The van der Waals surface area contributed by atoms with Crippen molar-refractivity contribution in [2.45, 2.75) is 19.3 Å². The van der Waals surface area contributed by atoms with E-state index in [2.05, 4.69) is 22.8 Å². The highest BCUT2D eigenvalue weighted by Crippen LogP contribution is 2.10. The summed E-state index contributed by atoms with van der Waals surface area (Å²) < 4.78 is 0. The maximum Gasteiger partial charge on any atom is 0.220 e. The Kier molecular flexibility index (Phi) is 4.76. The molecule has 0 radical (unpaired) electrons.